The molecule has 2 atom stereocenters. The van der Waals surface area contributed by atoms with Crippen molar-refractivity contribution >= 4 is 17.8 Å². The lowest BCUT2D eigenvalue weighted by molar-refractivity contribution is -0.147. The quantitative estimate of drug-likeness (QED) is 0.0479. The Morgan fingerprint density at radius 3 is 1.88 bits per heavy atom. The summed E-state index contributed by atoms with van der Waals surface area (Å²) in [5, 5.41) is 11.8. The number of nitrogens with two attached hydrogens (primary N) is 1. The van der Waals surface area contributed by atoms with Crippen LogP contribution in [0.25, 0.3) is 0 Å². The van der Waals surface area contributed by atoms with Gasteiger partial charge in [-0.15, -0.1) is 0 Å². The molecule has 0 rings (SSSR count). The van der Waals surface area contributed by atoms with Crippen molar-refractivity contribution in [2.75, 3.05) is 6.54 Å². The minimum Gasteiger partial charge on any atom is -0.480 e. The van der Waals surface area contributed by atoms with Crippen LogP contribution in [-0.2, 0) is 19.1 Å². The number of carbonyl (C=O) groups excluding carboxylic acids is 2. The number of aliphatic carboxylic acids is 1. The van der Waals surface area contributed by atoms with Gasteiger partial charge < -0.3 is 20.9 Å². The molecule has 0 bridgehead atoms. The molecule has 0 aromatic rings. The average Bonchev–Trinajstić information content (AvgIpc) is 2.93. The Bertz CT molecular complexity index is 653. The van der Waals surface area contributed by atoms with Gasteiger partial charge in [0.1, 0.15) is 12.1 Å². The first kappa shape index (κ1) is 38.1. The monoisotopic (exact) mass is 566 g/mol. The number of unbranched alkanes of at least 4 members (excludes halogenated alkanes) is 15. The zero-order chi connectivity index (χ0) is 29.7. The predicted molar refractivity (Wildman–Crippen MR) is 165 cm³/mol. The molecule has 0 aromatic heterocycles. The molecule has 7 nitrogen and oxygen atoms in total. The van der Waals surface area contributed by atoms with E-state index in [1.54, 1.807) is 0 Å². The molecule has 0 heterocycles. The zero-order valence-corrected chi connectivity index (χ0v) is 25.9. The number of esters is 1. The fourth-order valence-corrected chi connectivity index (χ4v) is 4.77. The lowest BCUT2D eigenvalue weighted by atomic mass is 10.1. The maximum atomic E-state index is 12.5. The van der Waals surface area contributed by atoms with E-state index in [0.29, 0.717) is 38.6 Å². The molecule has 0 aliphatic carbocycles. The Balaban J connectivity index is 4.35. The van der Waals surface area contributed by atoms with Gasteiger partial charge in [0.05, 0.1) is 0 Å². The number of amides is 1. The van der Waals surface area contributed by atoms with Crippen molar-refractivity contribution in [2.45, 2.75) is 174 Å². The number of ether oxygens (including phenoxy) is 1. The van der Waals surface area contributed by atoms with Crippen molar-refractivity contribution in [2.24, 2.45) is 5.73 Å². The Kier molecular flexibility index (Phi) is 27.3. The van der Waals surface area contributed by atoms with Crippen LogP contribution >= 0.6 is 0 Å². The standard InChI is InChI=1S/C33H62N2O5/c1-3-5-7-9-11-13-15-21-27-32(37)40-29(23-18-14-12-10-8-6-4-2)24-19-16-17-20-26-31(36)35-30(33(38)39)25-22-28-34/h18,23,29-30H,3-17,19-22,24-28,34H2,1-2H3,(H,35,36)(H,38,39)/b23-18-. The summed E-state index contributed by atoms with van der Waals surface area (Å²) in [5.74, 6) is -1.33. The van der Waals surface area contributed by atoms with Crippen LogP contribution in [0, 0.1) is 0 Å². The van der Waals surface area contributed by atoms with Crippen LogP contribution in [0.4, 0.5) is 0 Å². The molecule has 0 spiro atoms. The van der Waals surface area contributed by atoms with E-state index >= 15 is 0 Å². The minimum absolute atomic E-state index is 0.0946. The van der Waals surface area contributed by atoms with Crippen molar-refractivity contribution in [3.05, 3.63) is 12.2 Å². The van der Waals surface area contributed by atoms with E-state index in [4.69, 9.17) is 10.5 Å². The summed E-state index contributed by atoms with van der Waals surface area (Å²) >= 11 is 0. The fraction of sp³-hybridized carbons (Fsp3) is 0.848. The summed E-state index contributed by atoms with van der Waals surface area (Å²) in [4.78, 5) is 35.9. The van der Waals surface area contributed by atoms with Crippen molar-refractivity contribution in [3.63, 3.8) is 0 Å². The van der Waals surface area contributed by atoms with Crippen LogP contribution in [0.15, 0.2) is 12.2 Å². The number of carbonyl (C=O) groups is 3. The van der Waals surface area contributed by atoms with Crippen LogP contribution in [0.3, 0.4) is 0 Å². The summed E-state index contributed by atoms with van der Waals surface area (Å²) in [6, 6.07) is -0.865. The first-order chi connectivity index (χ1) is 19.4. The Labute approximate surface area is 245 Å². The Morgan fingerprint density at radius 1 is 0.725 bits per heavy atom. The molecule has 0 fully saturated rings. The molecular formula is C33H62N2O5. The van der Waals surface area contributed by atoms with Gasteiger partial charge in [-0.3, -0.25) is 9.59 Å². The zero-order valence-electron chi connectivity index (χ0n) is 25.9. The molecule has 234 valence electrons. The second-order valence-electron chi connectivity index (χ2n) is 11.2. The highest BCUT2D eigenvalue weighted by Crippen LogP contribution is 2.15. The van der Waals surface area contributed by atoms with E-state index < -0.39 is 12.0 Å². The number of carboxylic acid groups (broad SMARTS) is 1. The van der Waals surface area contributed by atoms with Crippen LogP contribution in [0.5, 0.6) is 0 Å². The van der Waals surface area contributed by atoms with Crippen molar-refractivity contribution in [1.29, 1.82) is 0 Å². The summed E-state index contributed by atoms with van der Waals surface area (Å²) in [5.41, 5.74) is 5.45. The molecular weight excluding hydrogens is 504 g/mol. The third kappa shape index (κ3) is 25.1. The van der Waals surface area contributed by atoms with Crippen LogP contribution < -0.4 is 11.1 Å². The molecule has 0 saturated heterocycles. The van der Waals surface area contributed by atoms with Gasteiger partial charge in [-0.05, 0) is 64.0 Å². The second kappa shape index (κ2) is 28.6. The smallest absolute Gasteiger partial charge is 0.326 e. The van der Waals surface area contributed by atoms with Gasteiger partial charge in [0.2, 0.25) is 5.91 Å². The minimum atomic E-state index is -1.01. The maximum Gasteiger partial charge on any atom is 0.326 e. The normalized spacial score (nSPS) is 12.9. The average molecular weight is 567 g/mol. The van der Waals surface area contributed by atoms with Gasteiger partial charge in [-0.25, -0.2) is 4.79 Å². The molecule has 40 heavy (non-hydrogen) atoms. The van der Waals surface area contributed by atoms with Gasteiger partial charge in [0, 0.05) is 12.8 Å². The lowest BCUT2D eigenvalue weighted by Crippen LogP contribution is -2.40. The summed E-state index contributed by atoms with van der Waals surface area (Å²) in [6.07, 6.45) is 27.0. The molecule has 1 amide bonds. The number of hydrogen-bond donors (Lipinski definition) is 3. The van der Waals surface area contributed by atoms with E-state index in [1.165, 1.54) is 70.6 Å². The van der Waals surface area contributed by atoms with E-state index in [-0.39, 0.29) is 18.0 Å². The Morgan fingerprint density at radius 2 is 1.27 bits per heavy atom. The molecule has 0 aliphatic heterocycles. The van der Waals surface area contributed by atoms with E-state index in [0.717, 1.165) is 44.9 Å². The van der Waals surface area contributed by atoms with Gasteiger partial charge in [0.25, 0.3) is 0 Å². The van der Waals surface area contributed by atoms with Gasteiger partial charge in [-0.1, -0.05) is 103 Å². The van der Waals surface area contributed by atoms with Crippen molar-refractivity contribution in [3.8, 4) is 0 Å². The molecule has 4 N–H and O–H groups in total. The molecule has 2 unspecified atom stereocenters. The predicted octanol–water partition coefficient (Wildman–Crippen LogP) is 7.99. The molecule has 0 radical (unpaired) electrons. The first-order valence-electron chi connectivity index (χ1n) is 16.5. The maximum absolute atomic E-state index is 12.5. The summed E-state index contributed by atoms with van der Waals surface area (Å²) in [7, 11) is 0. The van der Waals surface area contributed by atoms with E-state index in [9.17, 15) is 19.5 Å². The molecule has 0 aliphatic rings. The van der Waals surface area contributed by atoms with Crippen LogP contribution in [-0.4, -0.2) is 41.6 Å². The number of allylic oxidation sites excluding steroid dienone is 1. The van der Waals surface area contributed by atoms with Crippen molar-refractivity contribution in [1.82, 2.24) is 5.32 Å². The van der Waals surface area contributed by atoms with Crippen LogP contribution in [0.1, 0.15) is 162 Å². The highest BCUT2D eigenvalue weighted by Gasteiger charge is 2.18. The number of nitrogens with one attached hydrogen (secondary N) is 1. The largest absolute Gasteiger partial charge is 0.480 e. The lowest BCUT2D eigenvalue weighted by Gasteiger charge is -2.15. The third-order valence-electron chi connectivity index (χ3n) is 7.32. The van der Waals surface area contributed by atoms with Crippen LogP contribution in [0.2, 0.25) is 0 Å². The van der Waals surface area contributed by atoms with Gasteiger partial charge in [-0.2, -0.15) is 0 Å². The van der Waals surface area contributed by atoms with Crippen molar-refractivity contribution < 1.29 is 24.2 Å². The Hall–Kier alpha value is -1.89. The number of rotatable bonds is 29. The molecule has 0 saturated carbocycles. The third-order valence-corrected chi connectivity index (χ3v) is 7.32. The highest BCUT2D eigenvalue weighted by molar-refractivity contribution is 5.83. The van der Waals surface area contributed by atoms with Gasteiger partial charge in [0.15, 0.2) is 0 Å². The number of hydrogen-bond acceptors (Lipinski definition) is 5. The van der Waals surface area contributed by atoms with Gasteiger partial charge >= 0.3 is 11.9 Å². The summed E-state index contributed by atoms with van der Waals surface area (Å²) < 4.78 is 5.84. The molecule has 7 heteroatoms. The summed E-state index contributed by atoms with van der Waals surface area (Å²) in [6.45, 7) is 4.86. The fourth-order valence-electron chi connectivity index (χ4n) is 4.77. The first-order valence-corrected chi connectivity index (χ1v) is 16.5. The highest BCUT2D eigenvalue weighted by atomic mass is 16.5. The van der Waals surface area contributed by atoms with E-state index in [2.05, 4.69) is 31.3 Å². The van der Waals surface area contributed by atoms with E-state index in [1.807, 2.05) is 0 Å². The topological polar surface area (TPSA) is 119 Å². The number of carboxylic acids is 1. The SMILES string of the molecule is CCCCCCC/C=C\C(CCCCCCC(=O)NC(CCCN)C(=O)O)OC(=O)CCCCCCCCCC. The molecule has 0 aromatic carbocycles. The second-order valence-corrected chi connectivity index (χ2v) is 11.2.